The molecule has 1 aliphatic rings. The Morgan fingerprint density at radius 1 is 1.20 bits per heavy atom. The molecule has 1 aromatic carbocycles. The molecule has 110 valence electrons. The highest BCUT2D eigenvalue weighted by molar-refractivity contribution is 6.33. The number of anilines is 1. The molecule has 0 unspecified atom stereocenters. The fraction of sp³-hybridized carbons (Fsp3) is 0.462. The number of nitrogens with zero attached hydrogens (tertiary/aromatic N) is 1. The van der Waals surface area contributed by atoms with Crippen LogP contribution >= 0.6 is 11.6 Å². The Morgan fingerprint density at radius 2 is 1.85 bits per heavy atom. The van der Waals surface area contributed by atoms with Crippen molar-refractivity contribution in [3.63, 3.8) is 0 Å². The van der Waals surface area contributed by atoms with Crippen molar-refractivity contribution in [3.05, 3.63) is 28.8 Å². The summed E-state index contributed by atoms with van der Waals surface area (Å²) >= 11 is 5.79. The van der Waals surface area contributed by atoms with Crippen molar-refractivity contribution >= 4 is 23.3 Å². The zero-order valence-corrected chi connectivity index (χ0v) is 11.4. The molecule has 1 heterocycles. The number of urea groups is 1. The molecule has 20 heavy (non-hydrogen) atoms. The van der Waals surface area contributed by atoms with Crippen LogP contribution in [-0.2, 0) is 6.18 Å². The molecule has 1 fully saturated rings. The zero-order chi connectivity index (χ0) is 14.8. The first-order valence-electron chi connectivity index (χ1n) is 6.31. The average molecular weight is 307 g/mol. The van der Waals surface area contributed by atoms with Crippen LogP contribution in [0.1, 0.15) is 24.8 Å². The predicted molar refractivity (Wildman–Crippen MR) is 70.9 cm³/mol. The highest BCUT2D eigenvalue weighted by atomic mass is 35.5. The lowest BCUT2D eigenvalue weighted by molar-refractivity contribution is -0.136. The van der Waals surface area contributed by atoms with Crippen molar-refractivity contribution in [3.8, 4) is 0 Å². The normalized spacial score (nSPS) is 16.1. The first-order valence-corrected chi connectivity index (χ1v) is 6.69. The van der Waals surface area contributed by atoms with Gasteiger partial charge in [-0.25, -0.2) is 4.79 Å². The van der Waals surface area contributed by atoms with E-state index >= 15 is 0 Å². The summed E-state index contributed by atoms with van der Waals surface area (Å²) in [4.78, 5) is 13.5. The minimum absolute atomic E-state index is 0.120. The Kier molecular flexibility index (Phi) is 4.42. The van der Waals surface area contributed by atoms with Gasteiger partial charge in [0.1, 0.15) is 0 Å². The molecular formula is C13H14ClF3N2O. The monoisotopic (exact) mass is 306 g/mol. The molecule has 0 bridgehead atoms. The molecule has 2 rings (SSSR count). The summed E-state index contributed by atoms with van der Waals surface area (Å²) in [6.07, 6.45) is -1.80. The maximum atomic E-state index is 12.9. The maximum Gasteiger partial charge on any atom is 0.418 e. The number of piperidine rings is 1. The molecule has 0 atom stereocenters. The highest BCUT2D eigenvalue weighted by Crippen LogP contribution is 2.38. The van der Waals surface area contributed by atoms with Crippen LogP contribution in [0.25, 0.3) is 0 Å². The summed E-state index contributed by atoms with van der Waals surface area (Å²) in [7, 11) is 0. The molecule has 1 aromatic rings. The summed E-state index contributed by atoms with van der Waals surface area (Å²) in [5.41, 5.74) is -1.31. The number of rotatable bonds is 1. The van der Waals surface area contributed by atoms with Crippen LogP contribution in [0, 0.1) is 0 Å². The molecule has 0 aromatic heterocycles. The summed E-state index contributed by atoms with van der Waals surface area (Å²) < 4.78 is 38.7. The van der Waals surface area contributed by atoms with Gasteiger partial charge in [0, 0.05) is 13.1 Å². The van der Waals surface area contributed by atoms with Gasteiger partial charge in [-0.1, -0.05) is 17.7 Å². The third-order valence-electron chi connectivity index (χ3n) is 3.19. The number of nitrogens with one attached hydrogen (secondary N) is 1. The van der Waals surface area contributed by atoms with Crippen molar-refractivity contribution in [1.82, 2.24) is 4.90 Å². The van der Waals surface area contributed by atoms with Gasteiger partial charge in [0.2, 0.25) is 0 Å². The van der Waals surface area contributed by atoms with Crippen LogP contribution in [0.3, 0.4) is 0 Å². The minimum atomic E-state index is -4.56. The Bertz CT molecular complexity index is 499. The van der Waals surface area contributed by atoms with Gasteiger partial charge in [-0.3, -0.25) is 0 Å². The largest absolute Gasteiger partial charge is 0.418 e. The van der Waals surface area contributed by atoms with Gasteiger partial charge in [-0.2, -0.15) is 13.2 Å². The van der Waals surface area contributed by atoms with E-state index in [-0.39, 0.29) is 10.7 Å². The number of carbonyl (C=O) groups excluding carboxylic acids is 1. The molecule has 0 spiro atoms. The molecule has 2 amide bonds. The first-order chi connectivity index (χ1) is 9.39. The Morgan fingerprint density at radius 3 is 2.45 bits per heavy atom. The molecule has 1 aliphatic heterocycles. The van der Waals surface area contributed by atoms with Crippen LogP contribution < -0.4 is 5.32 Å². The van der Waals surface area contributed by atoms with E-state index < -0.39 is 17.8 Å². The van der Waals surface area contributed by atoms with Gasteiger partial charge in [-0.15, -0.1) is 0 Å². The average Bonchev–Trinajstić information content (AvgIpc) is 2.40. The van der Waals surface area contributed by atoms with Crippen molar-refractivity contribution < 1.29 is 18.0 Å². The Balaban J connectivity index is 2.22. The van der Waals surface area contributed by atoms with E-state index in [2.05, 4.69) is 5.32 Å². The highest BCUT2D eigenvalue weighted by Gasteiger charge is 2.35. The Hall–Kier alpha value is -1.43. The van der Waals surface area contributed by atoms with Crippen LogP contribution in [0.5, 0.6) is 0 Å². The number of hydrogen-bond acceptors (Lipinski definition) is 1. The standard InChI is InChI=1S/C13H14ClF3N2O/c14-10-6-4-5-9(13(15,16)17)11(10)18-12(20)19-7-2-1-3-8-19/h4-6H,1-3,7-8H2,(H,18,20). The molecule has 0 saturated carbocycles. The summed E-state index contributed by atoms with van der Waals surface area (Å²) in [6.45, 7) is 1.11. The molecule has 3 nitrogen and oxygen atoms in total. The van der Waals surface area contributed by atoms with Gasteiger partial charge in [0.15, 0.2) is 0 Å². The molecule has 0 aliphatic carbocycles. The van der Waals surface area contributed by atoms with Crippen LogP contribution in [-0.4, -0.2) is 24.0 Å². The zero-order valence-electron chi connectivity index (χ0n) is 10.6. The van der Waals surface area contributed by atoms with Gasteiger partial charge in [0.05, 0.1) is 16.3 Å². The van der Waals surface area contributed by atoms with Gasteiger partial charge in [0.25, 0.3) is 0 Å². The smallest absolute Gasteiger partial charge is 0.325 e. The molecular weight excluding hydrogens is 293 g/mol. The van der Waals surface area contributed by atoms with E-state index in [0.29, 0.717) is 13.1 Å². The second-order valence-corrected chi connectivity index (χ2v) is 5.05. The van der Waals surface area contributed by atoms with Gasteiger partial charge in [-0.05, 0) is 31.4 Å². The van der Waals surface area contributed by atoms with E-state index in [1.165, 1.54) is 17.0 Å². The Labute approximate surface area is 119 Å². The lowest BCUT2D eigenvalue weighted by Crippen LogP contribution is -2.39. The second kappa shape index (κ2) is 5.91. The second-order valence-electron chi connectivity index (χ2n) is 4.64. The van der Waals surface area contributed by atoms with Crippen molar-refractivity contribution in [2.24, 2.45) is 0 Å². The van der Waals surface area contributed by atoms with Crippen LogP contribution in [0.4, 0.5) is 23.7 Å². The van der Waals surface area contributed by atoms with Crippen molar-refractivity contribution in [2.75, 3.05) is 18.4 Å². The minimum Gasteiger partial charge on any atom is -0.325 e. The number of likely N-dealkylation sites (tertiary alicyclic amines) is 1. The van der Waals surface area contributed by atoms with E-state index in [4.69, 9.17) is 11.6 Å². The predicted octanol–water partition coefficient (Wildman–Crippen LogP) is 4.38. The van der Waals surface area contributed by atoms with E-state index in [0.717, 1.165) is 25.3 Å². The summed E-state index contributed by atoms with van der Waals surface area (Å²) in [6, 6.07) is 2.89. The quantitative estimate of drug-likeness (QED) is 0.820. The summed E-state index contributed by atoms with van der Waals surface area (Å²) in [5, 5.41) is 2.17. The number of alkyl halides is 3. The van der Waals surface area contributed by atoms with E-state index in [9.17, 15) is 18.0 Å². The number of para-hydroxylation sites is 1. The number of carbonyl (C=O) groups is 1. The number of benzene rings is 1. The number of amides is 2. The van der Waals surface area contributed by atoms with Crippen molar-refractivity contribution in [2.45, 2.75) is 25.4 Å². The number of hydrogen-bond donors (Lipinski definition) is 1. The first kappa shape index (κ1) is 15.0. The molecule has 1 saturated heterocycles. The third-order valence-corrected chi connectivity index (χ3v) is 3.51. The maximum absolute atomic E-state index is 12.9. The van der Waals surface area contributed by atoms with Crippen LogP contribution in [0.15, 0.2) is 18.2 Å². The lowest BCUT2D eigenvalue weighted by atomic mass is 10.1. The van der Waals surface area contributed by atoms with Crippen LogP contribution in [0.2, 0.25) is 5.02 Å². The van der Waals surface area contributed by atoms with Gasteiger partial charge >= 0.3 is 12.2 Å². The lowest BCUT2D eigenvalue weighted by Gasteiger charge is -2.27. The number of halogens is 4. The summed E-state index contributed by atoms with van der Waals surface area (Å²) in [5.74, 6) is 0. The fourth-order valence-electron chi connectivity index (χ4n) is 2.17. The van der Waals surface area contributed by atoms with E-state index in [1.54, 1.807) is 0 Å². The van der Waals surface area contributed by atoms with E-state index in [1.807, 2.05) is 0 Å². The molecule has 1 N–H and O–H groups in total. The molecule has 0 radical (unpaired) electrons. The SMILES string of the molecule is O=C(Nc1c(Cl)cccc1C(F)(F)F)N1CCCCC1. The topological polar surface area (TPSA) is 32.3 Å². The third kappa shape index (κ3) is 3.36. The fourth-order valence-corrected chi connectivity index (χ4v) is 2.39. The van der Waals surface area contributed by atoms with Crippen molar-refractivity contribution in [1.29, 1.82) is 0 Å². The molecule has 7 heteroatoms. The van der Waals surface area contributed by atoms with Gasteiger partial charge < -0.3 is 10.2 Å².